The molecule has 0 saturated heterocycles. The van der Waals surface area contributed by atoms with Crippen LogP contribution in [0.25, 0.3) is 0 Å². The Balaban J connectivity index is 1.78. The van der Waals surface area contributed by atoms with E-state index in [1.165, 1.54) is 30.3 Å². The molecule has 8 heteroatoms. The standard InChI is InChI=1S/C19H14Cl2N2O3S/c20-13-5-4-6-14(11-13)22-19(24)17-10-9-15(12-18(17)21)23-27(25,26)16-7-2-1-3-8-16/h1-12,23H,(H,22,24). The van der Waals surface area contributed by atoms with E-state index < -0.39 is 15.9 Å². The monoisotopic (exact) mass is 420 g/mol. The lowest BCUT2D eigenvalue weighted by Gasteiger charge is -2.11. The third-order valence-corrected chi connectivity index (χ3v) is 5.55. The summed E-state index contributed by atoms with van der Waals surface area (Å²) in [4.78, 5) is 12.5. The molecule has 3 rings (SSSR count). The molecule has 0 spiro atoms. The molecule has 27 heavy (non-hydrogen) atoms. The molecule has 1 amide bonds. The van der Waals surface area contributed by atoms with Gasteiger partial charge >= 0.3 is 0 Å². The summed E-state index contributed by atoms with van der Waals surface area (Å²) in [6, 6.07) is 19.0. The highest BCUT2D eigenvalue weighted by molar-refractivity contribution is 7.92. The second-order valence-corrected chi connectivity index (χ2v) is 8.10. The average Bonchev–Trinajstić information content (AvgIpc) is 2.62. The van der Waals surface area contributed by atoms with Crippen LogP contribution in [0.4, 0.5) is 11.4 Å². The van der Waals surface area contributed by atoms with Crippen LogP contribution in [0.2, 0.25) is 10.0 Å². The molecule has 0 aromatic heterocycles. The van der Waals surface area contributed by atoms with Crippen LogP contribution >= 0.6 is 23.2 Å². The molecule has 0 aliphatic heterocycles. The molecule has 3 aromatic rings. The van der Waals surface area contributed by atoms with E-state index in [2.05, 4.69) is 10.0 Å². The fraction of sp³-hybridized carbons (Fsp3) is 0. The summed E-state index contributed by atoms with van der Waals surface area (Å²) in [5, 5.41) is 3.29. The summed E-state index contributed by atoms with van der Waals surface area (Å²) in [6.45, 7) is 0. The van der Waals surface area contributed by atoms with Crippen LogP contribution in [0.1, 0.15) is 10.4 Å². The van der Waals surface area contributed by atoms with Gasteiger partial charge in [-0.05, 0) is 48.5 Å². The van der Waals surface area contributed by atoms with Gasteiger partial charge in [0.1, 0.15) is 0 Å². The summed E-state index contributed by atoms with van der Waals surface area (Å²) in [6.07, 6.45) is 0. The topological polar surface area (TPSA) is 75.3 Å². The van der Waals surface area contributed by atoms with Crippen LogP contribution in [0.3, 0.4) is 0 Å². The van der Waals surface area contributed by atoms with E-state index in [0.717, 1.165) is 0 Å². The van der Waals surface area contributed by atoms with Crippen molar-refractivity contribution in [2.75, 3.05) is 10.0 Å². The zero-order chi connectivity index (χ0) is 19.4. The molecule has 0 saturated carbocycles. The van der Waals surface area contributed by atoms with Gasteiger partial charge in [-0.15, -0.1) is 0 Å². The van der Waals surface area contributed by atoms with E-state index in [0.29, 0.717) is 10.7 Å². The molecule has 3 aromatic carbocycles. The highest BCUT2D eigenvalue weighted by atomic mass is 35.5. The van der Waals surface area contributed by atoms with Gasteiger partial charge in [0, 0.05) is 10.7 Å². The van der Waals surface area contributed by atoms with Crippen molar-refractivity contribution in [1.29, 1.82) is 0 Å². The molecule has 0 fully saturated rings. The quantitative estimate of drug-likeness (QED) is 0.606. The summed E-state index contributed by atoms with van der Waals surface area (Å²) in [7, 11) is -3.74. The van der Waals surface area contributed by atoms with Crippen LogP contribution in [-0.2, 0) is 10.0 Å². The molecule has 0 atom stereocenters. The number of rotatable bonds is 5. The summed E-state index contributed by atoms with van der Waals surface area (Å²) in [5.74, 6) is -0.431. The number of halogens is 2. The molecule has 0 bridgehead atoms. The molecule has 0 heterocycles. The lowest BCUT2D eigenvalue weighted by Crippen LogP contribution is -2.14. The first-order valence-corrected chi connectivity index (χ1v) is 10.0. The van der Waals surface area contributed by atoms with E-state index in [4.69, 9.17) is 23.2 Å². The normalized spacial score (nSPS) is 11.0. The number of sulfonamides is 1. The molecule has 2 N–H and O–H groups in total. The molecule has 0 aliphatic carbocycles. The molecule has 5 nitrogen and oxygen atoms in total. The third kappa shape index (κ3) is 4.80. The SMILES string of the molecule is O=C(Nc1cccc(Cl)c1)c1ccc(NS(=O)(=O)c2ccccc2)cc1Cl. The minimum atomic E-state index is -3.74. The van der Waals surface area contributed by atoms with Crippen molar-refractivity contribution in [1.82, 2.24) is 0 Å². The van der Waals surface area contributed by atoms with Gasteiger partial charge in [-0.2, -0.15) is 0 Å². The number of nitrogens with one attached hydrogen (secondary N) is 2. The molecule has 0 aliphatic rings. The molecule has 0 unspecified atom stereocenters. The minimum absolute atomic E-state index is 0.114. The fourth-order valence-corrected chi connectivity index (χ4v) is 3.87. The number of carbonyl (C=O) groups excluding carboxylic acids is 1. The second kappa shape index (κ2) is 8.00. The highest BCUT2D eigenvalue weighted by Crippen LogP contribution is 2.24. The van der Waals surface area contributed by atoms with Crippen molar-refractivity contribution >= 4 is 50.5 Å². The fourth-order valence-electron chi connectivity index (χ4n) is 2.34. The van der Waals surface area contributed by atoms with E-state index >= 15 is 0 Å². The van der Waals surface area contributed by atoms with Crippen molar-refractivity contribution in [2.45, 2.75) is 4.90 Å². The number of hydrogen-bond acceptors (Lipinski definition) is 3. The summed E-state index contributed by atoms with van der Waals surface area (Å²) < 4.78 is 27.2. The summed E-state index contributed by atoms with van der Waals surface area (Å²) >= 11 is 12.1. The third-order valence-electron chi connectivity index (χ3n) is 3.60. The Bertz CT molecular complexity index is 1090. The van der Waals surface area contributed by atoms with Gasteiger partial charge in [-0.25, -0.2) is 8.42 Å². The molecular formula is C19H14Cl2N2O3S. The first kappa shape index (κ1) is 19.2. The number of benzene rings is 3. The predicted octanol–water partition coefficient (Wildman–Crippen LogP) is 5.05. The van der Waals surface area contributed by atoms with Gasteiger partial charge in [-0.3, -0.25) is 9.52 Å². The van der Waals surface area contributed by atoms with Crippen molar-refractivity contribution in [2.24, 2.45) is 0 Å². The maximum Gasteiger partial charge on any atom is 0.261 e. The summed E-state index contributed by atoms with van der Waals surface area (Å²) in [5.41, 5.74) is 0.986. The van der Waals surface area contributed by atoms with Crippen molar-refractivity contribution < 1.29 is 13.2 Å². The minimum Gasteiger partial charge on any atom is -0.322 e. The molecule has 138 valence electrons. The zero-order valence-electron chi connectivity index (χ0n) is 13.8. The number of amides is 1. The van der Waals surface area contributed by atoms with Gasteiger partial charge in [0.25, 0.3) is 15.9 Å². The maximum absolute atomic E-state index is 12.4. The lowest BCUT2D eigenvalue weighted by molar-refractivity contribution is 0.102. The molecular weight excluding hydrogens is 407 g/mol. The van der Waals surface area contributed by atoms with Crippen LogP contribution < -0.4 is 10.0 Å². The average molecular weight is 421 g/mol. The van der Waals surface area contributed by atoms with Crippen molar-refractivity contribution in [3.63, 3.8) is 0 Å². The van der Waals surface area contributed by atoms with Gasteiger partial charge in [0.05, 0.1) is 21.2 Å². The largest absolute Gasteiger partial charge is 0.322 e. The van der Waals surface area contributed by atoms with Gasteiger partial charge < -0.3 is 5.32 Å². The number of carbonyl (C=O) groups is 1. The van der Waals surface area contributed by atoms with Gasteiger partial charge in [-0.1, -0.05) is 47.5 Å². The van der Waals surface area contributed by atoms with Crippen LogP contribution in [0.5, 0.6) is 0 Å². The van der Waals surface area contributed by atoms with Gasteiger partial charge in [0.15, 0.2) is 0 Å². The van der Waals surface area contributed by atoms with E-state index in [1.54, 1.807) is 42.5 Å². The second-order valence-electron chi connectivity index (χ2n) is 5.58. The Morgan fingerprint density at radius 2 is 1.56 bits per heavy atom. The Labute approximate surface area is 167 Å². The Kier molecular flexibility index (Phi) is 5.70. The number of anilines is 2. The van der Waals surface area contributed by atoms with E-state index in [1.807, 2.05) is 0 Å². The first-order chi connectivity index (χ1) is 12.8. The molecule has 0 radical (unpaired) electrons. The number of hydrogen-bond donors (Lipinski definition) is 2. The van der Waals surface area contributed by atoms with Crippen LogP contribution in [0.15, 0.2) is 77.7 Å². The van der Waals surface area contributed by atoms with Crippen molar-refractivity contribution in [3.8, 4) is 0 Å². The smallest absolute Gasteiger partial charge is 0.261 e. The van der Waals surface area contributed by atoms with Crippen LogP contribution in [-0.4, -0.2) is 14.3 Å². The van der Waals surface area contributed by atoms with Gasteiger partial charge in [0.2, 0.25) is 0 Å². The Hall–Kier alpha value is -2.54. The predicted molar refractivity (Wildman–Crippen MR) is 108 cm³/mol. The zero-order valence-corrected chi connectivity index (χ0v) is 16.1. The maximum atomic E-state index is 12.4. The highest BCUT2D eigenvalue weighted by Gasteiger charge is 2.16. The van der Waals surface area contributed by atoms with E-state index in [-0.39, 0.29) is 21.2 Å². The van der Waals surface area contributed by atoms with E-state index in [9.17, 15) is 13.2 Å². The van der Waals surface area contributed by atoms with Crippen molar-refractivity contribution in [3.05, 3.63) is 88.4 Å². The Morgan fingerprint density at radius 1 is 0.815 bits per heavy atom. The van der Waals surface area contributed by atoms with Crippen LogP contribution in [0, 0.1) is 0 Å². The Morgan fingerprint density at radius 3 is 2.22 bits per heavy atom. The lowest BCUT2D eigenvalue weighted by atomic mass is 10.2. The first-order valence-electron chi connectivity index (χ1n) is 7.79.